The molecule has 0 amide bonds. The van der Waals surface area contributed by atoms with Gasteiger partial charge in [0.25, 0.3) is 0 Å². The highest BCUT2D eigenvalue weighted by Gasteiger charge is 2.29. The van der Waals surface area contributed by atoms with Gasteiger partial charge in [0, 0.05) is 19.7 Å². The van der Waals surface area contributed by atoms with Crippen LogP contribution in [0.5, 0.6) is 11.5 Å². The number of sulfonamides is 1. The van der Waals surface area contributed by atoms with Crippen LogP contribution in [0.3, 0.4) is 0 Å². The molecular formula is C13H17NO4S. The molecule has 1 aromatic carbocycles. The minimum absolute atomic E-state index is 0.264. The highest BCUT2D eigenvalue weighted by molar-refractivity contribution is 7.89. The molecule has 5 nitrogen and oxygen atoms in total. The number of hydrogen-bond donors (Lipinski definition) is 0. The standard InChI is InChI=1S/C13H17NO4S/c1-14(9-10-2-3-10)19(15,16)11-4-5-12-13(8-11)18-7-6-17-12/h4-5,8,10H,2-3,6-7,9H2,1H3. The van der Waals surface area contributed by atoms with Crippen LogP contribution in [0.15, 0.2) is 23.1 Å². The van der Waals surface area contributed by atoms with Crippen molar-refractivity contribution < 1.29 is 17.9 Å². The molecular weight excluding hydrogens is 266 g/mol. The van der Waals surface area contributed by atoms with E-state index in [-0.39, 0.29) is 4.90 Å². The molecule has 0 bridgehead atoms. The van der Waals surface area contributed by atoms with Crippen LogP contribution in [0.2, 0.25) is 0 Å². The van der Waals surface area contributed by atoms with Gasteiger partial charge in [-0.2, -0.15) is 0 Å². The second-order valence-electron chi connectivity index (χ2n) is 5.03. The Labute approximate surface area is 113 Å². The zero-order chi connectivity index (χ0) is 13.5. The van der Waals surface area contributed by atoms with E-state index in [0.717, 1.165) is 12.8 Å². The maximum atomic E-state index is 12.4. The van der Waals surface area contributed by atoms with Crippen molar-refractivity contribution in [1.29, 1.82) is 0 Å². The summed E-state index contributed by atoms with van der Waals surface area (Å²) < 4.78 is 37.1. The van der Waals surface area contributed by atoms with E-state index in [1.165, 1.54) is 4.31 Å². The first-order valence-electron chi connectivity index (χ1n) is 6.43. The molecule has 0 saturated heterocycles. The van der Waals surface area contributed by atoms with Gasteiger partial charge in [0.15, 0.2) is 11.5 Å². The Balaban J connectivity index is 1.87. The van der Waals surface area contributed by atoms with E-state index in [2.05, 4.69) is 0 Å². The predicted molar refractivity (Wildman–Crippen MR) is 70.0 cm³/mol. The molecule has 104 valence electrons. The summed E-state index contributed by atoms with van der Waals surface area (Å²) in [5, 5.41) is 0. The van der Waals surface area contributed by atoms with E-state index in [9.17, 15) is 8.42 Å². The molecule has 19 heavy (non-hydrogen) atoms. The fourth-order valence-electron chi connectivity index (χ4n) is 2.13. The Hall–Kier alpha value is -1.27. The Bertz CT molecular complexity index is 580. The normalized spacial score (nSPS) is 18.6. The highest BCUT2D eigenvalue weighted by Crippen LogP contribution is 2.34. The second kappa shape index (κ2) is 4.68. The van der Waals surface area contributed by atoms with Gasteiger partial charge in [0.2, 0.25) is 10.0 Å². The first-order chi connectivity index (χ1) is 9.07. The first kappa shape index (κ1) is 12.7. The van der Waals surface area contributed by atoms with Crippen molar-refractivity contribution in [2.75, 3.05) is 26.8 Å². The van der Waals surface area contributed by atoms with Gasteiger partial charge in [-0.05, 0) is 30.9 Å². The second-order valence-corrected chi connectivity index (χ2v) is 7.08. The zero-order valence-corrected chi connectivity index (χ0v) is 11.6. The maximum Gasteiger partial charge on any atom is 0.242 e. The fourth-order valence-corrected chi connectivity index (χ4v) is 3.39. The molecule has 0 unspecified atom stereocenters. The van der Waals surface area contributed by atoms with E-state index in [4.69, 9.17) is 9.47 Å². The summed E-state index contributed by atoms with van der Waals surface area (Å²) in [6.07, 6.45) is 2.25. The number of rotatable bonds is 4. The lowest BCUT2D eigenvalue weighted by molar-refractivity contribution is 0.171. The van der Waals surface area contributed by atoms with Crippen molar-refractivity contribution in [3.8, 4) is 11.5 Å². The van der Waals surface area contributed by atoms with Crippen LogP contribution in [-0.4, -0.2) is 39.5 Å². The first-order valence-corrected chi connectivity index (χ1v) is 7.87. The van der Waals surface area contributed by atoms with Gasteiger partial charge in [-0.1, -0.05) is 0 Å². The van der Waals surface area contributed by atoms with E-state index in [0.29, 0.717) is 37.2 Å². The lowest BCUT2D eigenvalue weighted by Crippen LogP contribution is -2.29. The van der Waals surface area contributed by atoms with Gasteiger partial charge in [-0.15, -0.1) is 0 Å². The quantitative estimate of drug-likeness (QED) is 0.840. The van der Waals surface area contributed by atoms with Crippen LogP contribution in [0.1, 0.15) is 12.8 Å². The smallest absolute Gasteiger partial charge is 0.242 e. The Morgan fingerprint density at radius 1 is 1.21 bits per heavy atom. The Morgan fingerprint density at radius 2 is 1.89 bits per heavy atom. The van der Waals surface area contributed by atoms with Crippen LogP contribution in [0.4, 0.5) is 0 Å². The highest BCUT2D eigenvalue weighted by atomic mass is 32.2. The minimum atomic E-state index is -3.43. The van der Waals surface area contributed by atoms with Crippen molar-refractivity contribution >= 4 is 10.0 Å². The van der Waals surface area contributed by atoms with Crippen molar-refractivity contribution in [1.82, 2.24) is 4.31 Å². The van der Waals surface area contributed by atoms with Crippen molar-refractivity contribution in [2.24, 2.45) is 5.92 Å². The van der Waals surface area contributed by atoms with Gasteiger partial charge in [0.1, 0.15) is 13.2 Å². The number of nitrogens with zero attached hydrogens (tertiary/aromatic N) is 1. The summed E-state index contributed by atoms with van der Waals surface area (Å²) in [5.74, 6) is 1.64. The molecule has 0 radical (unpaired) electrons. The third-order valence-electron chi connectivity index (χ3n) is 3.43. The van der Waals surface area contributed by atoms with Crippen molar-refractivity contribution in [2.45, 2.75) is 17.7 Å². The summed E-state index contributed by atoms with van der Waals surface area (Å²) in [6, 6.07) is 4.78. The third kappa shape index (κ3) is 2.55. The van der Waals surface area contributed by atoms with E-state index >= 15 is 0 Å². The number of ether oxygens (including phenoxy) is 2. The molecule has 0 N–H and O–H groups in total. The molecule has 1 aromatic rings. The van der Waals surface area contributed by atoms with Crippen LogP contribution < -0.4 is 9.47 Å². The largest absolute Gasteiger partial charge is 0.486 e. The topological polar surface area (TPSA) is 55.8 Å². The molecule has 6 heteroatoms. The fraction of sp³-hybridized carbons (Fsp3) is 0.538. The van der Waals surface area contributed by atoms with Crippen molar-refractivity contribution in [3.05, 3.63) is 18.2 Å². The summed E-state index contributed by atoms with van der Waals surface area (Å²) in [4.78, 5) is 0.264. The van der Waals surface area contributed by atoms with Gasteiger partial charge in [-0.25, -0.2) is 12.7 Å². The average molecular weight is 283 g/mol. The Morgan fingerprint density at radius 3 is 2.58 bits per heavy atom. The number of fused-ring (bicyclic) bond motifs is 1. The van der Waals surface area contributed by atoms with Gasteiger partial charge < -0.3 is 9.47 Å². The van der Waals surface area contributed by atoms with Gasteiger partial charge >= 0.3 is 0 Å². The van der Waals surface area contributed by atoms with Crippen LogP contribution in [0, 0.1) is 5.92 Å². The maximum absolute atomic E-state index is 12.4. The summed E-state index contributed by atoms with van der Waals surface area (Å²) in [6.45, 7) is 1.55. The summed E-state index contributed by atoms with van der Waals surface area (Å²) in [5.41, 5.74) is 0. The number of hydrogen-bond acceptors (Lipinski definition) is 4. The molecule has 1 saturated carbocycles. The SMILES string of the molecule is CN(CC1CC1)S(=O)(=O)c1ccc2c(c1)OCCO2. The molecule has 1 fully saturated rings. The minimum Gasteiger partial charge on any atom is -0.486 e. The number of benzene rings is 1. The van der Waals surface area contributed by atoms with Crippen LogP contribution in [-0.2, 0) is 10.0 Å². The van der Waals surface area contributed by atoms with Crippen molar-refractivity contribution in [3.63, 3.8) is 0 Å². The molecule has 0 atom stereocenters. The van der Waals surface area contributed by atoms with Gasteiger partial charge in [0.05, 0.1) is 4.90 Å². The molecule has 0 aromatic heterocycles. The molecule has 1 heterocycles. The molecule has 2 aliphatic rings. The summed E-state index contributed by atoms with van der Waals surface area (Å²) in [7, 11) is -1.80. The Kier molecular flexibility index (Phi) is 3.14. The molecule has 3 rings (SSSR count). The lowest BCUT2D eigenvalue weighted by atomic mass is 10.3. The predicted octanol–water partition coefficient (Wildman–Crippen LogP) is 1.49. The van der Waals surface area contributed by atoms with Gasteiger partial charge in [-0.3, -0.25) is 0 Å². The average Bonchev–Trinajstić information content (AvgIpc) is 3.22. The van der Waals surface area contributed by atoms with Crippen LogP contribution in [0.25, 0.3) is 0 Å². The van der Waals surface area contributed by atoms with E-state index in [1.807, 2.05) is 0 Å². The van der Waals surface area contributed by atoms with Crippen LogP contribution >= 0.6 is 0 Å². The summed E-state index contributed by atoms with van der Waals surface area (Å²) >= 11 is 0. The van der Waals surface area contributed by atoms with E-state index in [1.54, 1.807) is 25.2 Å². The zero-order valence-electron chi connectivity index (χ0n) is 10.8. The monoisotopic (exact) mass is 283 g/mol. The third-order valence-corrected chi connectivity index (χ3v) is 5.25. The van der Waals surface area contributed by atoms with E-state index < -0.39 is 10.0 Å². The molecule has 0 spiro atoms. The lowest BCUT2D eigenvalue weighted by Gasteiger charge is -2.21. The molecule has 1 aliphatic carbocycles. The molecule has 1 aliphatic heterocycles.